The maximum atomic E-state index is 11.9. The molecule has 31 heavy (non-hydrogen) atoms. The Morgan fingerprint density at radius 3 is 2.06 bits per heavy atom. The van der Waals surface area contributed by atoms with Gasteiger partial charge in [-0.1, -0.05) is 72.3 Å². The molecule has 0 aliphatic rings. The predicted octanol–water partition coefficient (Wildman–Crippen LogP) is 4.47. The van der Waals surface area contributed by atoms with Crippen molar-refractivity contribution in [1.29, 1.82) is 0 Å². The summed E-state index contributed by atoms with van der Waals surface area (Å²) in [5.41, 5.74) is 6.25. The van der Waals surface area contributed by atoms with E-state index in [-0.39, 0.29) is 11.5 Å². The molecule has 4 aromatic rings. The lowest BCUT2D eigenvalue weighted by atomic mass is 9.98. The monoisotopic (exact) mass is 432 g/mol. The molecule has 158 valence electrons. The minimum atomic E-state index is -3.28. The highest BCUT2D eigenvalue weighted by Crippen LogP contribution is 2.35. The first-order valence-electron chi connectivity index (χ1n) is 9.99. The third-order valence-corrected chi connectivity index (χ3v) is 6.41. The van der Waals surface area contributed by atoms with Gasteiger partial charge in [0.05, 0.1) is 23.7 Å². The van der Waals surface area contributed by atoms with Gasteiger partial charge < -0.3 is 5.11 Å². The molecule has 0 spiro atoms. The van der Waals surface area contributed by atoms with Crippen LogP contribution in [0.3, 0.4) is 0 Å². The molecule has 5 nitrogen and oxygen atoms in total. The number of aliphatic hydroxyl groups is 1. The van der Waals surface area contributed by atoms with E-state index in [1.807, 2.05) is 66.2 Å². The summed E-state index contributed by atoms with van der Waals surface area (Å²) >= 11 is 0. The van der Waals surface area contributed by atoms with Crippen LogP contribution in [0, 0.1) is 6.92 Å². The highest BCUT2D eigenvalue weighted by molar-refractivity contribution is 7.90. The average Bonchev–Trinajstić information content (AvgIpc) is 3.12. The smallest absolute Gasteiger partial charge is 0.175 e. The summed E-state index contributed by atoms with van der Waals surface area (Å²) < 4.78 is 25.5. The maximum Gasteiger partial charge on any atom is 0.175 e. The minimum absolute atomic E-state index is 0.162. The van der Waals surface area contributed by atoms with E-state index in [4.69, 9.17) is 5.10 Å². The Morgan fingerprint density at radius 2 is 1.48 bits per heavy atom. The third-order valence-electron chi connectivity index (χ3n) is 5.28. The van der Waals surface area contributed by atoms with Gasteiger partial charge in [0.25, 0.3) is 0 Å². The van der Waals surface area contributed by atoms with E-state index in [9.17, 15) is 13.5 Å². The molecule has 1 aromatic heterocycles. The third kappa shape index (κ3) is 4.45. The van der Waals surface area contributed by atoms with Crippen molar-refractivity contribution in [3.05, 3.63) is 95.7 Å². The maximum absolute atomic E-state index is 11.9. The highest BCUT2D eigenvalue weighted by atomic mass is 32.2. The zero-order chi connectivity index (χ0) is 22.0. The fourth-order valence-electron chi connectivity index (χ4n) is 3.63. The van der Waals surface area contributed by atoms with Gasteiger partial charge in [-0.3, -0.25) is 4.68 Å². The van der Waals surface area contributed by atoms with Gasteiger partial charge in [-0.25, -0.2) is 8.42 Å². The Balaban J connectivity index is 1.89. The van der Waals surface area contributed by atoms with E-state index >= 15 is 0 Å². The summed E-state index contributed by atoms with van der Waals surface area (Å²) in [6, 6.07) is 24.8. The topological polar surface area (TPSA) is 72.2 Å². The van der Waals surface area contributed by atoms with Crippen LogP contribution in [0.1, 0.15) is 16.8 Å². The van der Waals surface area contributed by atoms with Gasteiger partial charge in [0.2, 0.25) is 0 Å². The summed E-state index contributed by atoms with van der Waals surface area (Å²) in [4.78, 5) is 0.263. The van der Waals surface area contributed by atoms with Crippen LogP contribution in [0.25, 0.3) is 22.4 Å². The number of nitrogens with zero attached hydrogens (tertiary/aromatic N) is 2. The van der Waals surface area contributed by atoms with Gasteiger partial charge in [0.15, 0.2) is 9.84 Å². The molecule has 0 aliphatic carbocycles. The molecule has 3 aromatic carbocycles. The molecule has 0 amide bonds. The Labute approximate surface area is 182 Å². The van der Waals surface area contributed by atoms with E-state index in [1.54, 1.807) is 24.3 Å². The lowest BCUT2D eigenvalue weighted by molar-refractivity contribution is 0.269. The van der Waals surface area contributed by atoms with Gasteiger partial charge in [-0.05, 0) is 30.2 Å². The zero-order valence-corrected chi connectivity index (χ0v) is 18.3. The molecule has 0 radical (unpaired) electrons. The normalized spacial score (nSPS) is 11.6. The number of benzene rings is 3. The second-order valence-corrected chi connectivity index (χ2v) is 9.65. The number of aliphatic hydroxyl groups excluding tert-OH is 1. The molecule has 4 rings (SSSR count). The molecule has 0 fully saturated rings. The van der Waals surface area contributed by atoms with Crippen LogP contribution in [-0.2, 0) is 23.0 Å². The first-order chi connectivity index (χ1) is 14.9. The first-order valence-corrected chi connectivity index (χ1v) is 11.9. The van der Waals surface area contributed by atoms with Crippen LogP contribution >= 0.6 is 0 Å². The molecular formula is C25H24N2O3S. The first kappa shape index (κ1) is 21.0. The second-order valence-electron chi connectivity index (χ2n) is 7.63. The fraction of sp³-hybridized carbons (Fsp3) is 0.160. The Hall–Kier alpha value is -3.22. The van der Waals surface area contributed by atoms with Crippen molar-refractivity contribution in [3.8, 4) is 22.4 Å². The van der Waals surface area contributed by atoms with Crippen LogP contribution in [0.5, 0.6) is 0 Å². The Kier molecular flexibility index (Phi) is 5.76. The van der Waals surface area contributed by atoms with Crippen LogP contribution in [-0.4, -0.2) is 29.6 Å². The molecule has 0 saturated heterocycles. The molecule has 0 saturated carbocycles. The summed E-state index contributed by atoms with van der Waals surface area (Å²) in [6.45, 7) is 2.39. The van der Waals surface area contributed by atoms with E-state index < -0.39 is 9.84 Å². The molecule has 1 heterocycles. The lowest BCUT2D eigenvalue weighted by Gasteiger charge is -2.09. The number of aromatic nitrogens is 2. The average molecular weight is 433 g/mol. The van der Waals surface area contributed by atoms with Crippen molar-refractivity contribution in [2.24, 2.45) is 0 Å². The minimum Gasteiger partial charge on any atom is -0.390 e. The van der Waals surface area contributed by atoms with Crippen LogP contribution in [0.15, 0.2) is 83.8 Å². The van der Waals surface area contributed by atoms with Crippen molar-refractivity contribution < 1.29 is 13.5 Å². The Bertz CT molecular complexity index is 1290. The molecule has 0 atom stereocenters. The molecule has 6 heteroatoms. The fourth-order valence-corrected chi connectivity index (χ4v) is 4.26. The van der Waals surface area contributed by atoms with Crippen molar-refractivity contribution in [2.75, 3.05) is 6.26 Å². The van der Waals surface area contributed by atoms with Crippen molar-refractivity contribution >= 4 is 9.84 Å². The highest BCUT2D eigenvalue weighted by Gasteiger charge is 2.21. The quantitative estimate of drug-likeness (QED) is 0.488. The van der Waals surface area contributed by atoms with Gasteiger partial charge in [-0.15, -0.1) is 0 Å². The van der Waals surface area contributed by atoms with E-state index in [1.165, 1.54) is 6.26 Å². The van der Waals surface area contributed by atoms with E-state index in [0.29, 0.717) is 12.2 Å². The lowest BCUT2D eigenvalue weighted by Crippen LogP contribution is -2.06. The SMILES string of the molecule is Cc1ccc(-c2c(-c3ccc(S(C)(=O)=O)cc3)nn(Cc3ccccc3)c2CO)cc1. The van der Waals surface area contributed by atoms with Crippen LogP contribution < -0.4 is 0 Å². The summed E-state index contributed by atoms with van der Waals surface area (Å²) in [7, 11) is -3.28. The van der Waals surface area contributed by atoms with Gasteiger partial charge in [0.1, 0.15) is 5.69 Å². The Morgan fingerprint density at radius 1 is 0.871 bits per heavy atom. The predicted molar refractivity (Wildman–Crippen MR) is 122 cm³/mol. The van der Waals surface area contributed by atoms with Crippen LogP contribution in [0.2, 0.25) is 0 Å². The number of rotatable bonds is 6. The summed E-state index contributed by atoms with van der Waals surface area (Å²) in [5, 5.41) is 15.1. The van der Waals surface area contributed by atoms with Crippen molar-refractivity contribution in [2.45, 2.75) is 25.0 Å². The van der Waals surface area contributed by atoms with Crippen LogP contribution in [0.4, 0.5) is 0 Å². The summed E-state index contributed by atoms with van der Waals surface area (Å²) in [5.74, 6) is 0. The van der Waals surface area contributed by atoms with E-state index in [2.05, 4.69) is 0 Å². The number of sulfone groups is 1. The molecule has 0 aliphatic heterocycles. The number of hydrogen-bond donors (Lipinski definition) is 1. The standard InChI is InChI=1S/C25H24N2O3S/c1-18-8-10-20(11-9-18)24-23(17-28)27(16-19-6-4-3-5-7-19)26-25(24)21-12-14-22(15-13-21)31(2,29)30/h3-15,28H,16-17H2,1-2H3. The second kappa shape index (κ2) is 8.49. The molecule has 1 N–H and O–H groups in total. The molecular weight excluding hydrogens is 408 g/mol. The van der Waals surface area contributed by atoms with Gasteiger partial charge >= 0.3 is 0 Å². The summed E-state index contributed by atoms with van der Waals surface area (Å²) in [6.07, 6.45) is 1.19. The largest absolute Gasteiger partial charge is 0.390 e. The van der Waals surface area contributed by atoms with Crippen molar-refractivity contribution in [1.82, 2.24) is 9.78 Å². The van der Waals surface area contributed by atoms with Crippen molar-refractivity contribution in [3.63, 3.8) is 0 Å². The van der Waals surface area contributed by atoms with E-state index in [0.717, 1.165) is 33.5 Å². The zero-order valence-electron chi connectivity index (χ0n) is 17.5. The number of hydrogen-bond acceptors (Lipinski definition) is 4. The number of aryl methyl sites for hydroxylation is 1. The molecule has 0 bridgehead atoms. The van der Waals surface area contributed by atoms with Gasteiger partial charge in [0, 0.05) is 17.4 Å². The van der Waals surface area contributed by atoms with Gasteiger partial charge in [-0.2, -0.15) is 5.10 Å². The molecule has 0 unspecified atom stereocenters.